The highest BCUT2D eigenvalue weighted by molar-refractivity contribution is 5.94. The predicted octanol–water partition coefficient (Wildman–Crippen LogP) is 2.64. The molecular weight excluding hydrogens is 300 g/mol. The first kappa shape index (κ1) is 18.2. The molecule has 0 fully saturated rings. The topological polar surface area (TPSA) is 52.6 Å². The van der Waals surface area contributed by atoms with Gasteiger partial charge in [0, 0.05) is 38.7 Å². The van der Waals surface area contributed by atoms with Gasteiger partial charge in [-0.15, -0.1) is 0 Å². The van der Waals surface area contributed by atoms with Crippen LogP contribution >= 0.6 is 0 Å². The van der Waals surface area contributed by atoms with Crippen LogP contribution in [0.1, 0.15) is 34.3 Å². The van der Waals surface area contributed by atoms with Gasteiger partial charge in [-0.3, -0.25) is 4.79 Å². The molecule has 0 aliphatic heterocycles. The first-order valence-corrected chi connectivity index (χ1v) is 8.23. The van der Waals surface area contributed by atoms with E-state index in [9.17, 15) is 9.90 Å². The Morgan fingerprint density at radius 3 is 2.50 bits per heavy atom. The number of hydrogen-bond donors (Lipinski definition) is 2. The molecular formula is C20H26N2O2. The Labute approximate surface area is 144 Å². The van der Waals surface area contributed by atoms with Gasteiger partial charge in [-0.05, 0) is 23.3 Å². The Morgan fingerprint density at radius 2 is 1.83 bits per heavy atom. The molecule has 4 nitrogen and oxygen atoms in total. The van der Waals surface area contributed by atoms with Crippen LogP contribution in [0, 0.1) is 0 Å². The molecule has 0 aliphatic carbocycles. The summed E-state index contributed by atoms with van der Waals surface area (Å²) in [4.78, 5) is 13.6. The third-order valence-electron chi connectivity index (χ3n) is 4.17. The normalized spacial score (nSPS) is 13.3. The monoisotopic (exact) mass is 326 g/mol. The lowest BCUT2D eigenvalue weighted by Crippen LogP contribution is -2.30. The van der Waals surface area contributed by atoms with E-state index in [2.05, 4.69) is 5.32 Å². The van der Waals surface area contributed by atoms with Gasteiger partial charge >= 0.3 is 0 Å². The van der Waals surface area contributed by atoms with E-state index in [0.717, 1.165) is 11.1 Å². The van der Waals surface area contributed by atoms with Crippen LogP contribution in [0.25, 0.3) is 0 Å². The Morgan fingerprint density at radius 1 is 1.12 bits per heavy atom. The van der Waals surface area contributed by atoms with Crippen molar-refractivity contribution >= 4 is 5.91 Å². The third kappa shape index (κ3) is 4.91. The van der Waals surface area contributed by atoms with E-state index in [1.807, 2.05) is 61.5 Å². The molecule has 0 aliphatic rings. The Hall–Kier alpha value is -2.17. The second-order valence-corrected chi connectivity index (χ2v) is 6.30. The van der Waals surface area contributed by atoms with E-state index in [0.29, 0.717) is 18.7 Å². The zero-order valence-electron chi connectivity index (χ0n) is 14.6. The molecule has 0 aromatic heterocycles. The van der Waals surface area contributed by atoms with Gasteiger partial charge in [-0.1, -0.05) is 49.4 Å². The molecule has 0 bridgehead atoms. The van der Waals surface area contributed by atoms with Gasteiger partial charge in [-0.2, -0.15) is 0 Å². The van der Waals surface area contributed by atoms with Crippen molar-refractivity contribution < 1.29 is 9.90 Å². The second kappa shape index (κ2) is 8.62. The number of aliphatic hydroxyl groups is 1. The van der Waals surface area contributed by atoms with Gasteiger partial charge in [0.25, 0.3) is 5.91 Å². The fourth-order valence-corrected chi connectivity index (χ4v) is 2.59. The number of nitrogens with one attached hydrogen (secondary N) is 1. The SMILES string of the molecule is CC(c1ccccc1)C(O)CNCc1cccc(C(=O)N(C)C)c1. The maximum absolute atomic E-state index is 12.0. The van der Waals surface area contributed by atoms with E-state index in [1.165, 1.54) is 0 Å². The summed E-state index contributed by atoms with van der Waals surface area (Å²) in [6.45, 7) is 3.15. The van der Waals surface area contributed by atoms with Crippen LogP contribution in [-0.2, 0) is 6.54 Å². The zero-order valence-corrected chi connectivity index (χ0v) is 14.6. The molecule has 2 N–H and O–H groups in total. The smallest absolute Gasteiger partial charge is 0.253 e. The van der Waals surface area contributed by atoms with Gasteiger partial charge in [-0.25, -0.2) is 0 Å². The van der Waals surface area contributed by atoms with E-state index < -0.39 is 6.10 Å². The van der Waals surface area contributed by atoms with Gasteiger partial charge in [0.2, 0.25) is 0 Å². The summed E-state index contributed by atoms with van der Waals surface area (Å²) < 4.78 is 0. The standard InChI is InChI=1S/C20H26N2O2/c1-15(17-9-5-4-6-10-17)19(23)14-21-13-16-8-7-11-18(12-16)20(24)22(2)3/h4-12,15,19,21,23H,13-14H2,1-3H3. The lowest BCUT2D eigenvalue weighted by molar-refractivity contribution is 0.0827. The van der Waals surface area contributed by atoms with E-state index >= 15 is 0 Å². The highest BCUT2D eigenvalue weighted by Gasteiger charge is 2.15. The lowest BCUT2D eigenvalue weighted by Gasteiger charge is -2.20. The zero-order chi connectivity index (χ0) is 17.5. The molecule has 2 aromatic carbocycles. The summed E-state index contributed by atoms with van der Waals surface area (Å²) in [5, 5.41) is 13.6. The third-order valence-corrected chi connectivity index (χ3v) is 4.17. The average molecular weight is 326 g/mol. The molecule has 0 heterocycles. The maximum Gasteiger partial charge on any atom is 0.253 e. The summed E-state index contributed by atoms with van der Waals surface area (Å²) in [6.07, 6.45) is -0.459. The predicted molar refractivity (Wildman–Crippen MR) is 97.0 cm³/mol. The average Bonchev–Trinajstić information content (AvgIpc) is 2.61. The van der Waals surface area contributed by atoms with Crippen molar-refractivity contribution in [2.24, 2.45) is 0 Å². The highest BCUT2D eigenvalue weighted by atomic mass is 16.3. The number of rotatable bonds is 7. The van der Waals surface area contributed by atoms with E-state index in [1.54, 1.807) is 19.0 Å². The molecule has 0 saturated heterocycles. The van der Waals surface area contributed by atoms with Crippen LogP contribution in [0.3, 0.4) is 0 Å². The number of amides is 1. The van der Waals surface area contributed by atoms with Crippen LogP contribution in [-0.4, -0.2) is 42.7 Å². The summed E-state index contributed by atoms with van der Waals surface area (Å²) in [7, 11) is 3.49. The second-order valence-electron chi connectivity index (χ2n) is 6.30. The Kier molecular flexibility index (Phi) is 6.53. The number of hydrogen-bond acceptors (Lipinski definition) is 3. The Balaban J connectivity index is 1.88. The number of benzene rings is 2. The summed E-state index contributed by atoms with van der Waals surface area (Å²) >= 11 is 0. The minimum Gasteiger partial charge on any atom is -0.391 e. The number of carbonyl (C=O) groups excluding carboxylic acids is 1. The van der Waals surface area contributed by atoms with E-state index in [4.69, 9.17) is 0 Å². The molecule has 0 saturated carbocycles. The van der Waals surface area contributed by atoms with Crippen LogP contribution < -0.4 is 5.32 Å². The highest BCUT2D eigenvalue weighted by Crippen LogP contribution is 2.18. The van der Waals surface area contributed by atoms with Crippen molar-refractivity contribution in [2.45, 2.75) is 25.5 Å². The molecule has 4 heteroatoms. The van der Waals surface area contributed by atoms with Gasteiger partial charge in [0.1, 0.15) is 0 Å². The van der Waals surface area contributed by atoms with Crippen LogP contribution in [0.2, 0.25) is 0 Å². The van der Waals surface area contributed by atoms with Crippen molar-refractivity contribution in [3.05, 3.63) is 71.3 Å². The minimum atomic E-state index is -0.459. The molecule has 2 rings (SSSR count). The van der Waals surface area contributed by atoms with Crippen molar-refractivity contribution in [1.29, 1.82) is 0 Å². The van der Waals surface area contributed by atoms with Crippen LogP contribution in [0.5, 0.6) is 0 Å². The van der Waals surface area contributed by atoms with Crippen molar-refractivity contribution in [3.8, 4) is 0 Å². The van der Waals surface area contributed by atoms with Crippen molar-refractivity contribution in [2.75, 3.05) is 20.6 Å². The fourth-order valence-electron chi connectivity index (χ4n) is 2.59. The summed E-state index contributed by atoms with van der Waals surface area (Å²) in [6, 6.07) is 17.6. The molecule has 1 amide bonds. The molecule has 2 unspecified atom stereocenters. The summed E-state index contributed by atoms with van der Waals surface area (Å²) in [5.74, 6) is 0.0648. The van der Waals surface area contributed by atoms with Crippen LogP contribution in [0.15, 0.2) is 54.6 Å². The quantitative estimate of drug-likeness (QED) is 0.822. The van der Waals surface area contributed by atoms with Crippen molar-refractivity contribution in [3.63, 3.8) is 0 Å². The van der Waals surface area contributed by atoms with E-state index in [-0.39, 0.29) is 11.8 Å². The Bertz CT molecular complexity index is 656. The lowest BCUT2D eigenvalue weighted by atomic mass is 9.95. The fraction of sp³-hybridized carbons (Fsp3) is 0.350. The first-order valence-electron chi connectivity index (χ1n) is 8.23. The maximum atomic E-state index is 12.0. The molecule has 2 atom stereocenters. The molecule has 128 valence electrons. The molecule has 0 spiro atoms. The van der Waals surface area contributed by atoms with Crippen LogP contribution in [0.4, 0.5) is 0 Å². The minimum absolute atomic E-state index is 0.00501. The number of nitrogens with zero attached hydrogens (tertiary/aromatic N) is 1. The largest absolute Gasteiger partial charge is 0.391 e. The van der Waals surface area contributed by atoms with Crippen molar-refractivity contribution in [1.82, 2.24) is 10.2 Å². The van der Waals surface area contributed by atoms with Gasteiger partial charge in [0.15, 0.2) is 0 Å². The van der Waals surface area contributed by atoms with Gasteiger partial charge < -0.3 is 15.3 Å². The molecule has 2 aromatic rings. The first-order chi connectivity index (χ1) is 11.5. The summed E-state index contributed by atoms with van der Waals surface area (Å²) in [5.41, 5.74) is 2.84. The van der Waals surface area contributed by atoms with Gasteiger partial charge in [0.05, 0.1) is 6.10 Å². The molecule has 0 radical (unpaired) electrons. The molecule has 24 heavy (non-hydrogen) atoms. The number of carbonyl (C=O) groups is 1. The number of aliphatic hydroxyl groups excluding tert-OH is 1.